The molecule has 4 rings (SSSR count). The number of carboxylic acid groups (broad SMARTS) is 1. The molecular weight excluding hydrogens is 543 g/mol. The predicted molar refractivity (Wildman–Crippen MR) is 131 cm³/mol. The van der Waals surface area contributed by atoms with Gasteiger partial charge in [-0.05, 0) is 24.6 Å². The number of ether oxygens (including phenoxy) is 2. The van der Waals surface area contributed by atoms with E-state index in [1.54, 1.807) is 19.2 Å². The van der Waals surface area contributed by atoms with Crippen molar-refractivity contribution in [2.45, 2.75) is 30.8 Å². The summed E-state index contributed by atoms with van der Waals surface area (Å²) >= 11 is 4.86. The van der Waals surface area contributed by atoms with Gasteiger partial charge in [0.2, 0.25) is 0 Å². The number of halogens is 2. The van der Waals surface area contributed by atoms with Crippen LogP contribution in [0.3, 0.4) is 0 Å². The lowest BCUT2D eigenvalue weighted by Gasteiger charge is -2.46. The predicted octanol–water partition coefficient (Wildman–Crippen LogP) is 2.44. The van der Waals surface area contributed by atoms with Crippen LogP contribution in [-0.2, 0) is 24.5 Å². The maximum atomic E-state index is 14.0. The standard InChI is InChI=1S/C23H26BrFN4O5S/c1-2-34-22(32)23(16-4-3-14(25)9-17(16)24)13-27-20(21-26-5-8-35-21)28-18(23)11-29-6-7-33-12-15(29)10-19(30)31/h3-5,8-9,15,18H,2,6-7,10-13H2,1H3,(H,27,28)(H,30,31). The van der Waals surface area contributed by atoms with E-state index in [0.29, 0.717) is 40.6 Å². The van der Waals surface area contributed by atoms with Crippen molar-refractivity contribution < 1.29 is 28.6 Å². The first kappa shape index (κ1) is 25.7. The van der Waals surface area contributed by atoms with E-state index in [9.17, 15) is 19.1 Å². The Balaban J connectivity index is 1.80. The Morgan fingerprint density at radius 3 is 2.97 bits per heavy atom. The van der Waals surface area contributed by atoms with Crippen molar-refractivity contribution >= 4 is 45.0 Å². The van der Waals surface area contributed by atoms with Crippen molar-refractivity contribution in [3.63, 3.8) is 0 Å². The Morgan fingerprint density at radius 1 is 1.46 bits per heavy atom. The number of benzene rings is 1. The molecule has 0 spiro atoms. The van der Waals surface area contributed by atoms with Gasteiger partial charge in [-0.15, -0.1) is 11.3 Å². The van der Waals surface area contributed by atoms with Gasteiger partial charge in [0.15, 0.2) is 10.8 Å². The molecule has 0 amide bonds. The van der Waals surface area contributed by atoms with E-state index < -0.39 is 29.2 Å². The Kier molecular flexibility index (Phi) is 8.15. The van der Waals surface area contributed by atoms with Gasteiger partial charge in [0.05, 0.1) is 38.8 Å². The summed E-state index contributed by atoms with van der Waals surface area (Å²) in [5, 5.41) is 15.3. The highest BCUT2D eigenvalue weighted by atomic mass is 79.9. The second kappa shape index (κ2) is 11.1. The fourth-order valence-electron chi connectivity index (χ4n) is 4.57. The summed E-state index contributed by atoms with van der Waals surface area (Å²) in [6.45, 7) is 3.48. The number of rotatable bonds is 8. The number of hydrogen-bond donors (Lipinski definition) is 2. The third-order valence-corrected chi connectivity index (χ3v) is 7.69. The molecule has 35 heavy (non-hydrogen) atoms. The third-order valence-electron chi connectivity index (χ3n) is 6.26. The number of aliphatic carboxylic acids is 1. The summed E-state index contributed by atoms with van der Waals surface area (Å²) in [4.78, 5) is 36.2. The Labute approximate surface area is 214 Å². The Morgan fingerprint density at radius 2 is 2.29 bits per heavy atom. The van der Waals surface area contributed by atoms with Crippen molar-refractivity contribution in [2.24, 2.45) is 4.99 Å². The average Bonchev–Trinajstić information content (AvgIpc) is 3.35. The molecule has 3 unspecified atom stereocenters. The molecule has 2 aromatic rings. The lowest BCUT2D eigenvalue weighted by Crippen LogP contribution is -2.65. The number of aliphatic imine (C=N–C) groups is 1. The van der Waals surface area contributed by atoms with Crippen LogP contribution in [0.2, 0.25) is 0 Å². The minimum Gasteiger partial charge on any atom is -0.481 e. The minimum atomic E-state index is -1.30. The van der Waals surface area contributed by atoms with E-state index in [-0.39, 0.29) is 32.2 Å². The zero-order chi connectivity index (χ0) is 25.0. The molecule has 2 N–H and O–H groups in total. The number of morpholine rings is 1. The lowest BCUT2D eigenvalue weighted by molar-refractivity contribution is -0.152. The monoisotopic (exact) mass is 568 g/mol. The van der Waals surface area contributed by atoms with Gasteiger partial charge < -0.3 is 19.9 Å². The van der Waals surface area contributed by atoms with Gasteiger partial charge in [-0.1, -0.05) is 22.0 Å². The first-order valence-corrected chi connectivity index (χ1v) is 12.9. The normalized spacial score (nSPS) is 24.9. The second-order valence-corrected chi connectivity index (χ2v) is 10.1. The van der Waals surface area contributed by atoms with E-state index in [4.69, 9.17) is 9.47 Å². The van der Waals surface area contributed by atoms with Crippen LogP contribution in [0.25, 0.3) is 0 Å². The molecule has 2 aliphatic rings. The molecule has 2 aliphatic heterocycles. The van der Waals surface area contributed by atoms with E-state index in [2.05, 4.69) is 31.2 Å². The maximum absolute atomic E-state index is 14.0. The number of amidine groups is 1. The van der Waals surface area contributed by atoms with Crippen LogP contribution in [0, 0.1) is 5.82 Å². The largest absolute Gasteiger partial charge is 0.481 e. The quantitative estimate of drug-likeness (QED) is 0.467. The molecular formula is C23H26BrFN4O5S. The topological polar surface area (TPSA) is 113 Å². The first-order valence-electron chi connectivity index (χ1n) is 11.2. The summed E-state index contributed by atoms with van der Waals surface area (Å²) in [5.74, 6) is -1.31. The molecule has 12 heteroatoms. The third kappa shape index (κ3) is 5.40. The Bertz CT molecular complexity index is 1100. The van der Waals surface area contributed by atoms with Gasteiger partial charge in [0, 0.05) is 35.2 Å². The minimum absolute atomic E-state index is 0.0522. The van der Waals surface area contributed by atoms with Crippen LogP contribution in [0.1, 0.15) is 23.9 Å². The molecule has 3 heterocycles. The highest BCUT2D eigenvalue weighted by Crippen LogP contribution is 2.39. The molecule has 0 radical (unpaired) electrons. The van der Waals surface area contributed by atoms with Gasteiger partial charge >= 0.3 is 11.9 Å². The van der Waals surface area contributed by atoms with Gasteiger partial charge in [-0.3, -0.25) is 19.5 Å². The summed E-state index contributed by atoms with van der Waals surface area (Å²) in [5.41, 5.74) is -0.755. The molecule has 0 saturated carbocycles. The van der Waals surface area contributed by atoms with Gasteiger partial charge in [0.25, 0.3) is 0 Å². The lowest BCUT2D eigenvalue weighted by atomic mass is 9.72. The van der Waals surface area contributed by atoms with Crippen LogP contribution in [0.15, 0.2) is 39.2 Å². The number of carboxylic acids is 1. The van der Waals surface area contributed by atoms with Gasteiger partial charge in [-0.25, -0.2) is 9.37 Å². The average molecular weight is 569 g/mol. The molecule has 1 saturated heterocycles. The fourth-order valence-corrected chi connectivity index (χ4v) is 5.89. The first-order chi connectivity index (χ1) is 16.8. The summed E-state index contributed by atoms with van der Waals surface area (Å²) in [6.07, 6.45) is 1.58. The smallest absolute Gasteiger partial charge is 0.320 e. The van der Waals surface area contributed by atoms with Crippen LogP contribution >= 0.6 is 27.3 Å². The van der Waals surface area contributed by atoms with Crippen LogP contribution in [-0.4, -0.2) is 84.3 Å². The molecule has 1 fully saturated rings. The number of hydrogen-bond acceptors (Lipinski definition) is 9. The van der Waals surface area contributed by atoms with E-state index in [1.807, 2.05) is 10.3 Å². The van der Waals surface area contributed by atoms with Gasteiger partial charge in [0.1, 0.15) is 11.2 Å². The van der Waals surface area contributed by atoms with Crippen molar-refractivity contribution in [1.82, 2.24) is 15.2 Å². The number of aromatic nitrogens is 1. The number of nitrogens with one attached hydrogen (secondary N) is 1. The summed E-state index contributed by atoms with van der Waals surface area (Å²) in [6, 6.07) is 3.26. The van der Waals surface area contributed by atoms with Crippen molar-refractivity contribution in [3.8, 4) is 0 Å². The van der Waals surface area contributed by atoms with Gasteiger partial charge in [-0.2, -0.15) is 0 Å². The molecule has 9 nitrogen and oxygen atoms in total. The number of thiazole rings is 1. The maximum Gasteiger partial charge on any atom is 0.320 e. The Hall–Kier alpha value is -2.41. The van der Waals surface area contributed by atoms with Crippen LogP contribution < -0.4 is 5.32 Å². The highest BCUT2D eigenvalue weighted by Gasteiger charge is 2.53. The highest BCUT2D eigenvalue weighted by molar-refractivity contribution is 9.10. The van der Waals surface area contributed by atoms with E-state index >= 15 is 0 Å². The number of esters is 1. The number of nitrogens with zero attached hydrogens (tertiary/aromatic N) is 3. The molecule has 0 bridgehead atoms. The van der Waals surface area contributed by atoms with Crippen molar-refractivity contribution in [1.29, 1.82) is 0 Å². The van der Waals surface area contributed by atoms with E-state index in [1.165, 1.54) is 23.5 Å². The SMILES string of the molecule is CCOC(=O)C1(c2ccc(F)cc2Br)CN=C(c2nccs2)NC1CN1CCOCC1CC(=O)O. The molecule has 1 aromatic carbocycles. The summed E-state index contributed by atoms with van der Waals surface area (Å²) in [7, 11) is 0. The van der Waals surface area contributed by atoms with Crippen molar-refractivity contribution in [2.75, 3.05) is 39.5 Å². The van der Waals surface area contributed by atoms with Crippen molar-refractivity contribution in [3.05, 3.63) is 50.6 Å². The van der Waals surface area contributed by atoms with Crippen LogP contribution in [0.5, 0.6) is 0 Å². The number of carbonyl (C=O) groups excluding carboxylic acids is 1. The molecule has 188 valence electrons. The molecule has 3 atom stereocenters. The fraction of sp³-hybridized carbons (Fsp3) is 0.478. The molecule has 0 aliphatic carbocycles. The second-order valence-electron chi connectivity index (χ2n) is 8.34. The van der Waals surface area contributed by atoms with Crippen LogP contribution in [0.4, 0.5) is 4.39 Å². The number of carbonyl (C=O) groups is 2. The zero-order valence-corrected chi connectivity index (χ0v) is 21.5. The zero-order valence-electron chi connectivity index (χ0n) is 19.1. The molecule has 1 aromatic heterocycles. The van der Waals surface area contributed by atoms with E-state index in [0.717, 1.165) is 0 Å². The summed E-state index contributed by atoms with van der Waals surface area (Å²) < 4.78 is 25.5.